The van der Waals surface area contributed by atoms with E-state index in [-0.39, 0.29) is 0 Å². The van der Waals surface area contributed by atoms with Crippen LogP contribution in [0.15, 0.2) is 48.5 Å². The Hall–Kier alpha value is -1.36. The standard InChI is InChI=1S/C13H9IO2/c14-12-4-2-1-3-11(12)9-5-7-10(8-6-9)13(15)16/h1-8H,(H,15,16). The molecule has 3 heteroatoms. The first-order chi connectivity index (χ1) is 7.68. The molecule has 0 aliphatic rings. The molecule has 0 fully saturated rings. The highest BCUT2D eigenvalue weighted by Crippen LogP contribution is 2.25. The van der Waals surface area contributed by atoms with Crippen LogP contribution >= 0.6 is 22.6 Å². The Kier molecular flexibility index (Phi) is 3.24. The van der Waals surface area contributed by atoms with Gasteiger partial charge in [0.15, 0.2) is 0 Å². The minimum Gasteiger partial charge on any atom is -0.478 e. The molecule has 1 N–H and O–H groups in total. The molecule has 0 heterocycles. The number of carboxylic acid groups (broad SMARTS) is 1. The smallest absolute Gasteiger partial charge is 0.335 e. The Morgan fingerprint density at radius 3 is 2.19 bits per heavy atom. The summed E-state index contributed by atoms with van der Waals surface area (Å²) in [6.45, 7) is 0. The van der Waals surface area contributed by atoms with Crippen molar-refractivity contribution < 1.29 is 9.90 Å². The summed E-state index contributed by atoms with van der Waals surface area (Å²) in [6, 6.07) is 14.9. The van der Waals surface area contributed by atoms with Crippen LogP contribution in [-0.2, 0) is 0 Å². The normalized spacial score (nSPS) is 10.1. The van der Waals surface area contributed by atoms with E-state index in [1.807, 2.05) is 36.4 Å². The van der Waals surface area contributed by atoms with Crippen LogP contribution in [0.5, 0.6) is 0 Å². The largest absolute Gasteiger partial charge is 0.478 e. The predicted molar refractivity (Wildman–Crippen MR) is 71.6 cm³/mol. The lowest BCUT2D eigenvalue weighted by Gasteiger charge is -2.04. The molecule has 0 aromatic heterocycles. The number of hydrogen-bond donors (Lipinski definition) is 1. The molecule has 2 aromatic carbocycles. The molecular formula is C13H9IO2. The van der Waals surface area contributed by atoms with E-state index in [0.717, 1.165) is 14.7 Å². The van der Waals surface area contributed by atoms with Crippen LogP contribution < -0.4 is 0 Å². The zero-order valence-electron chi connectivity index (χ0n) is 8.35. The van der Waals surface area contributed by atoms with Gasteiger partial charge in [-0.25, -0.2) is 4.79 Å². The third-order valence-corrected chi connectivity index (χ3v) is 3.26. The fourth-order valence-corrected chi connectivity index (χ4v) is 2.19. The first-order valence-corrected chi connectivity index (χ1v) is 5.84. The summed E-state index contributed by atoms with van der Waals surface area (Å²) in [7, 11) is 0. The zero-order valence-corrected chi connectivity index (χ0v) is 10.5. The first kappa shape index (κ1) is 11.1. The molecule has 0 unspecified atom stereocenters. The lowest BCUT2D eigenvalue weighted by molar-refractivity contribution is 0.0697. The summed E-state index contributed by atoms with van der Waals surface area (Å²) >= 11 is 2.27. The lowest BCUT2D eigenvalue weighted by Crippen LogP contribution is -1.95. The summed E-state index contributed by atoms with van der Waals surface area (Å²) in [6.07, 6.45) is 0. The van der Waals surface area contributed by atoms with E-state index in [1.54, 1.807) is 12.1 Å². The Bertz CT molecular complexity index is 518. The van der Waals surface area contributed by atoms with Crippen LogP contribution in [0.3, 0.4) is 0 Å². The van der Waals surface area contributed by atoms with Crippen molar-refractivity contribution in [3.05, 3.63) is 57.7 Å². The Morgan fingerprint density at radius 2 is 1.62 bits per heavy atom. The van der Waals surface area contributed by atoms with Crippen molar-refractivity contribution in [2.75, 3.05) is 0 Å². The van der Waals surface area contributed by atoms with E-state index in [9.17, 15) is 4.79 Å². The lowest BCUT2D eigenvalue weighted by atomic mass is 10.0. The van der Waals surface area contributed by atoms with E-state index < -0.39 is 5.97 Å². The minimum atomic E-state index is -0.894. The second-order valence-corrected chi connectivity index (χ2v) is 4.52. The molecule has 0 atom stereocenters. The van der Waals surface area contributed by atoms with Gasteiger partial charge in [-0.1, -0.05) is 30.3 Å². The monoisotopic (exact) mass is 324 g/mol. The molecule has 2 nitrogen and oxygen atoms in total. The number of carbonyl (C=O) groups is 1. The van der Waals surface area contributed by atoms with Crippen molar-refractivity contribution in [2.45, 2.75) is 0 Å². The van der Waals surface area contributed by atoms with Gasteiger partial charge in [-0.15, -0.1) is 0 Å². The maximum atomic E-state index is 10.7. The molecular weight excluding hydrogens is 315 g/mol. The van der Waals surface area contributed by atoms with E-state index in [4.69, 9.17) is 5.11 Å². The molecule has 0 saturated heterocycles. The van der Waals surface area contributed by atoms with Crippen molar-refractivity contribution in [1.29, 1.82) is 0 Å². The van der Waals surface area contributed by atoms with Crippen molar-refractivity contribution in [3.63, 3.8) is 0 Å². The summed E-state index contributed by atoms with van der Waals surface area (Å²) in [5.41, 5.74) is 2.48. The highest BCUT2D eigenvalue weighted by Gasteiger charge is 2.04. The summed E-state index contributed by atoms with van der Waals surface area (Å²) in [5.74, 6) is -0.894. The van der Waals surface area contributed by atoms with Crippen LogP contribution in [0.25, 0.3) is 11.1 Å². The number of carboxylic acids is 1. The summed E-state index contributed by atoms with van der Waals surface area (Å²) in [5, 5.41) is 8.80. The molecule has 2 rings (SSSR count). The Balaban J connectivity index is 2.43. The summed E-state index contributed by atoms with van der Waals surface area (Å²) < 4.78 is 1.16. The fourth-order valence-electron chi connectivity index (χ4n) is 1.49. The molecule has 0 aliphatic heterocycles. The quantitative estimate of drug-likeness (QED) is 0.856. The average molecular weight is 324 g/mol. The molecule has 2 aromatic rings. The van der Waals surface area contributed by atoms with Crippen LogP contribution in [0.4, 0.5) is 0 Å². The third kappa shape index (κ3) is 2.24. The molecule has 0 aliphatic carbocycles. The van der Waals surface area contributed by atoms with Crippen LogP contribution in [0.2, 0.25) is 0 Å². The second-order valence-electron chi connectivity index (χ2n) is 3.36. The second kappa shape index (κ2) is 4.65. The SMILES string of the molecule is O=C(O)c1ccc(-c2ccccc2I)cc1. The molecule has 0 spiro atoms. The van der Waals surface area contributed by atoms with Crippen LogP contribution in [0.1, 0.15) is 10.4 Å². The van der Waals surface area contributed by atoms with Gasteiger partial charge in [0.1, 0.15) is 0 Å². The number of benzene rings is 2. The van der Waals surface area contributed by atoms with Gasteiger partial charge in [0.2, 0.25) is 0 Å². The van der Waals surface area contributed by atoms with Gasteiger partial charge in [-0.2, -0.15) is 0 Å². The van der Waals surface area contributed by atoms with Crippen molar-refractivity contribution >= 4 is 28.6 Å². The molecule has 16 heavy (non-hydrogen) atoms. The third-order valence-electron chi connectivity index (χ3n) is 2.32. The van der Waals surface area contributed by atoms with E-state index in [0.29, 0.717) is 5.56 Å². The maximum Gasteiger partial charge on any atom is 0.335 e. The molecule has 0 amide bonds. The first-order valence-electron chi connectivity index (χ1n) is 4.77. The molecule has 0 bridgehead atoms. The predicted octanol–water partition coefficient (Wildman–Crippen LogP) is 3.66. The molecule has 80 valence electrons. The molecule has 0 radical (unpaired) electrons. The van der Waals surface area contributed by atoms with Crippen molar-refractivity contribution in [3.8, 4) is 11.1 Å². The van der Waals surface area contributed by atoms with Gasteiger partial charge >= 0.3 is 5.97 Å². The van der Waals surface area contributed by atoms with Gasteiger partial charge in [0.05, 0.1) is 5.56 Å². The fraction of sp³-hybridized carbons (Fsp3) is 0. The van der Waals surface area contributed by atoms with E-state index >= 15 is 0 Å². The molecule has 0 saturated carbocycles. The number of rotatable bonds is 2. The van der Waals surface area contributed by atoms with Gasteiger partial charge in [-0.3, -0.25) is 0 Å². The van der Waals surface area contributed by atoms with Crippen LogP contribution in [-0.4, -0.2) is 11.1 Å². The maximum absolute atomic E-state index is 10.7. The zero-order chi connectivity index (χ0) is 11.5. The van der Waals surface area contributed by atoms with Crippen molar-refractivity contribution in [1.82, 2.24) is 0 Å². The minimum absolute atomic E-state index is 0.315. The Morgan fingerprint density at radius 1 is 1.00 bits per heavy atom. The van der Waals surface area contributed by atoms with Gasteiger partial charge in [-0.05, 0) is 51.9 Å². The number of hydrogen-bond acceptors (Lipinski definition) is 1. The van der Waals surface area contributed by atoms with Gasteiger partial charge in [0.25, 0.3) is 0 Å². The Labute approximate surface area is 107 Å². The highest BCUT2D eigenvalue weighted by molar-refractivity contribution is 14.1. The highest BCUT2D eigenvalue weighted by atomic mass is 127. The van der Waals surface area contributed by atoms with Gasteiger partial charge in [0, 0.05) is 3.57 Å². The van der Waals surface area contributed by atoms with E-state index in [2.05, 4.69) is 22.6 Å². The van der Waals surface area contributed by atoms with Crippen molar-refractivity contribution in [2.24, 2.45) is 0 Å². The summed E-state index contributed by atoms with van der Waals surface area (Å²) in [4.78, 5) is 10.7. The van der Waals surface area contributed by atoms with Gasteiger partial charge < -0.3 is 5.11 Å². The number of halogens is 1. The average Bonchev–Trinajstić information content (AvgIpc) is 2.30. The van der Waals surface area contributed by atoms with Crippen LogP contribution in [0, 0.1) is 3.57 Å². The topological polar surface area (TPSA) is 37.3 Å². The number of aromatic carboxylic acids is 1. The van der Waals surface area contributed by atoms with E-state index in [1.165, 1.54) is 0 Å².